The van der Waals surface area contributed by atoms with Gasteiger partial charge in [-0.3, -0.25) is 4.79 Å². The predicted molar refractivity (Wildman–Crippen MR) is 63.5 cm³/mol. The smallest absolute Gasteiger partial charge is 0.134 e. The lowest BCUT2D eigenvalue weighted by molar-refractivity contribution is -0.122. The maximum atomic E-state index is 11.5. The van der Waals surface area contributed by atoms with Gasteiger partial charge in [0.2, 0.25) is 0 Å². The Hall–Kier alpha value is -0.770. The summed E-state index contributed by atoms with van der Waals surface area (Å²) in [6.07, 6.45) is 8.03. The van der Waals surface area contributed by atoms with Crippen LogP contribution in [0, 0.1) is 17.3 Å². The zero-order valence-electron chi connectivity index (χ0n) is 10.1. The molecule has 1 heteroatoms. The second kappa shape index (κ2) is 5.95. The summed E-state index contributed by atoms with van der Waals surface area (Å²) in [6.45, 7) is 4.34. The molecule has 84 valence electrons. The highest BCUT2D eigenvalue weighted by Crippen LogP contribution is 2.36. The first kappa shape index (κ1) is 12.3. The Morgan fingerprint density at radius 2 is 2.20 bits per heavy atom. The molecule has 0 N–H and O–H groups in total. The van der Waals surface area contributed by atoms with Gasteiger partial charge in [0.05, 0.1) is 0 Å². The summed E-state index contributed by atoms with van der Waals surface area (Å²) in [7, 11) is 0. The Kier molecular flexibility index (Phi) is 4.88. The van der Waals surface area contributed by atoms with Gasteiger partial charge in [-0.2, -0.15) is 0 Å². The van der Waals surface area contributed by atoms with Crippen LogP contribution in [0.25, 0.3) is 0 Å². The van der Waals surface area contributed by atoms with Crippen LogP contribution in [-0.4, -0.2) is 5.78 Å². The van der Waals surface area contributed by atoms with Crippen LogP contribution in [0.3, 0.4) is 0 Å². The van der Waals surface area contributed by atoms with E-state index < -0.39 is 0 Å². The van der Waals surface area contributed by atoms with Crippen molar-refractivity contribution in [1.29, 1.82) is 0 Å². The summed E-state index contributed by atoms with van der Waals surface area (Å²) in [6, 6.07) is 0. The van der Waals surface area contributed by atoms with Gasteiger partial charge < -0.3 is 0 Å². The lowest BCUT2D eigenvalue weighted by Gasteiger charge is -2.30. The molecule has 0 saturated heterocycles. The minimum atomic E-state index is 0.0308. The molecule has 1 aliphatic rings. The van der Waals surface area contributed by atoms with Crippen molar-refractivity contribution in [2.45, 2.75) is 65.2 Å². The monoisotopic (exact) mass is 206 g/mol. The molecule has 0 heterocycles. The lowest BCUT2D eigenvalue weighted by Crippen LogP contribution is -2.26. The Morgan fingerprint density at radius 1 is 1.40 bits per heavy atom. The fourth-order valence-corrected chi connectivity index (χ4v) is 2.19. The highest BCUT2D eigenvalue weighted by molar-refractivity contribution is 5.80. The Morgan fingerprint density at radius 3 is 2.80 bits per heavy atom. The first-order valence-corrected chi connectivity index (χ1v) is 6.24. The van der Waals surface area contributed by atoms with Crippen LogP contribution < -0.4 is 0 Å². The van der Waals surface area contributed by atoms with Gasteiger partial charge in [-0.05, 0) is 25.7 Å². The molecule has 0 aromatic carbocycles. The van der Waals surface area contributed by atoms with E-state index in [1.165, 1.54) is 12.8 Å². The number of carbonyl (C=O) groups is 1. The molecule has 1 unspecified atom stereocenters. The van der Waals surface area contributed by atoms with Crippen LogP contribution in [0.15, 0.2) is 0 Å². The molecule has 0 aromatic rings. The van der Waals surface area contributed by atoms with Crippen molar-refractivity contribution in [2.24, 2.45) is 5.41 Å². The average molecular weight is 206 g/mol. The van der Waals surface area contributed by atoms with Gasteiger partial charge in [0, 0.05) is 24.7 Å². The molecule has 1 rings (SSSR count). The van der Waals surface area contributed by atoms with Crippen molar-refractivity contribution in [3.8, 4) is 11.8 Å². The molecule has 0 spiro atoms. The number of unbranched alkanes of at least 4 members (excludes halogenated alkanes) is 2. The third-order valence-electron chi connectivity index (χ3n) is 3.33. The Bertz CT molecular complexity index is 269. The quantitative estimate of drug-likeness (QED) is 0.508. The minimum Gasteiger partial charge on any atom is -0.300 e. The van der Waals surface area contributed by atoms with E-state index >= 15 is 0 Å². The van der Waals surface area contributed by atoms with E-state index in [2.05, 4.69) is 25.7 Å². The van der Waals surface area contributed by atoms with Gasteiger partial charge in [0.15, 0.2) is 0 Å². The molecule has 15 heavy (non-hydrogen) atoms. The highest BCUT2D eigenvalue weighted by atomic mass is 16.1. The van der Waals surface area contributed by atoms with Crippen molar-refractivity contribution >= 4 is 5.78 Å². The van der Waals surface area contributed by atoms with Crippen molar-refractivity contribution in [2.75, 3.05) is 0 Å². The Labute approximate surface area is 93.6 Å². The molecule has 1 saturated carbocycles. The molecule has 0 bridgehead atoms. The van der Waals surface area contributed by atoms with E-state index in [1.807, 2.05) is 0 Å². The zero-order chi connectivity index (χ0) is 11.1. The minimum absolute atomic E-state index is 0.0308. The van der Waals surface area contributed by atoms with Crippen LogP contribution in [-0.2, 0) is 4.79 Å². The van der Waals surface area contributed by atoms with Crippen molar-refractivity contribution in [3.05, 3.63) is 0 Å². The number of Topliss-reactive ketones (excluding diaryl/α,β-unsaturated/α-hetero) is 1. The zero-order valence-corrected chi connectivity index (χ0v) is 10.1. The van der Waals surface area contributed by atoms with Crippen molar-refractivity contribution < 1.29 is 4.79 Å². The van der Waals surface area contributed by atoms with Crippen LogP contribution in [0.2, 0.25) is 0 Å². The maximum absolute atomic E-state index is 11.5. The normalized spacial score (nSPS) is 25.9. The van der Waals surface area contributed by atoms with Gasteiger partial charge in [-0.1, -0.05) is 26.2 Å². The molecule has 0 aromatic heterocycles. The molecule has 0 radical (unpaired) electrons. The molecular formula is C14H22O. The standard InChI is InChI=1S/C14H22O/c1-3-5-6-7-10-14(4-2)11-8-9-13(15)12-14/h3-6,8-9,11-12H2,1-2H3. The van der Waals surface area contributed by atoms with E-state index in [9.17, 15) is 4.79 Å². The second-order valence-electron chi connectivity index (χ2n) is 4.61. The largest absolute Gasteiger partial charge is 0.300 e. The second-order valence-corrected chi connectivity index (χ2v) is 4.61. The number of hydrogen-bond acceptors (Lipinski definition) is 1. The van der Waals surface area contributed by atoms with Gasteiger partial charge in [0.25, 0.3) is 0 Å². The average Bonchev–Trinajstić information content (AvgIpc) is 2.25. The molecule has 1 atom stereocenters. The molecular weight excluding hydrogens is 184 g/mol. The summed E-state index contributed by atoms with van der Waals surface area (Å²) in [5.74, 6) is 7.06. The summed E-state index contributed by atoms with van der Waals surface area (Å²) in [5, 5.41) is 0. The van der Waals surface area contributed by atoms with Crippen LogP contribution in [0.1, 0.15) is 65.2 Å². The molecule has 0 aliphatic heterocycles. The fourth-order valence-electron chi connectivity index (χ4n) is 2.19. The molecule has 1 nitrogen and oxygen atoms in total. The highest BCUT2D eigenvalue weighted by Gasteiger charge is 2.32. The maximum Gasteiger partial charge on any atom is 0.134 e. The number of ketones is 1. The van der Waals surface area contributed by atoms with Gasteiger partial charge in [0.1, 0.15) is 5.78 Å². The summed E-state index contributed by atoms with van der Waals surface area (Å²) in [5.41, 5.74) is 0.0308. The van der Waals surface area contributed by atoms with E-state index in [0.29, 0.717) is 12.2 Å². The first-order chi connectivity index (χ1) is 7.22. The van der Waals surface area contributed by atoms with E-state index in [4.69, 9.17) is 0 Å². The summed E-state index contributed by atoms with van der Waals surface area (Å²) >= 11 is 0. The molecule has 1 aliphatic carbocycles. The van der Waals surface area contributed by atoms with Crippen molar-refractivity contribution in [1.82, 2.24) is 0 Å². The van der Waals surface area contributed by atoms with E-state index in [0.717, 1.165) is 32.1 Å². The fraction of sp³-hybridized carbons (Fsp3) is 0.786. The van der Waals surface area contributed by atoms with Crippen LogP contribution in [0.5, 0.6) is 0 Å². The van der Waals surface area contributed by atoms with Gasteiger partial charge in [-0.15, -0.1) is 5.92 Å². The van der Waals surface area contributed by atoms with E-state index in [-0.39, 0.29) is 5.41 Å². The van der Waals surface area contributed by atoms with E-state index in [1.54, 1.807) is 0 Å². The molecule has 0 amide bonds. The summed E-state index contributed by atoms with van der Waals surface area (Å²) in [4.78, 5) is 11.5. The lowest BCUT2D eigenvalue weighted by atomic mass is 9.72. The van der Waals surface area contributed by atoms with Crippen LogP contribution in [0.4, 0.5) is 0 Å². The topological polar surface area (TPSA) is 17.1 Å². The molecule has 1 fully saturated rings. The van der Waals surface area contributed by atoms with Crippen molar-refractivity contribution in [3.63, 3.8) is 0 Å². The van der Waals surface area contributed by atoms with Gasteiger partial charge >= 0.3 is 0 Å². The van der Waals surface area contributed by atoms with Gasteiger partial charge in [-0.25, -0.2) is 0 Å². The SMILES string of the molecule is CCCCC#CC1(CC)CCCC(=O)C1. The predicted octanol–water partition coefficient (Wildman–Crippen LogP) is 3.72. The number of hydrogen-bond donors (Lipinski definition) is 0. The Balaban J connectivity index is 2.57. The number of rotatable bonds is 3. The first-order valence-electron chi connectivity index (χ1n) is 6.24. The number of carbonyl (C=O) groups excluding carboxylic acids is 1. The third kappa shape index (κ3) is 3.70. The third-order valence-corrected chi connectivity index (χ3v) is 3.33. The summed E-state index contributed by atoms with van der Waals surface area (Å²) < 4.78 is 0. The van der Waals surface area contributed by atoms with Crippen LogP contribution >= 0.6 is 0 Å².